The van der Waals surface area contributed by atoms with Crippen LogP contribution in [-0.4, -0.2) is 18.2 Å². The fraction of sp³-hybridized carbons (Fsp3) is 0.500. The first-order valence-electron chi connectivity index (χ1n) is 6.39. The third kappa shape index (κ3) is 5.63. The van der Waals surface area contributed by atoms with E-state index in [1.165, 1.54) is 18.2 Å². The Labute approximate surface area is 121 Å². The molecule has 21 heavy (non-hydrogen) atoms. The number of carbonyl (C=O) groups excluding carboxylic acids is 1. The van der Waals surface area contributed by atoms with Crippen molar-refractivity contribution in [2.75, 3.05) is 6.54 Å². The summed E-state index contributed by atoms with van der Waals surface area (Å²) in [6, 6.07) is 4.04. The molecule has 0 fully saturated rings. The molecule has 0 bridgehead atoms. The molecular weight excluding hydrogens is 285 g/mol. The predicted octanol–water partition coefficient (Wildman–Crippen LogP) is 3.23. The summed E-state index contributed by atoms with van der Waals surface area (Å²) in [6.45, 7) is 4.91. The van der Waals surface area contributed by atoms with Crippen molar-refractivity contribution in [2.24, 2.45) is 5.73 Å². The van der Waals surface area contributed by atoms with E-state index < -0.39 is 29.5 Å². The molecule has 1 aromatic carbocycles. The standard InChI is InChI=1S/C14H19F3N2O2/c1-13(2,3)21-12(20)19-8-11(18)9-6-4-5-7-10(9)14(15,16)17/h4-7,11H,8,18H2,1-3H3,(H,19,20). The highest BCUT2D eigenvalue weighted by Crippen LogP contribution is 2.33. The fourth-order valence-corrected chi connectivity index (χ4v) is 1.70. The maximum atomic E-state index is 12.9. The largest absolute Gasteiger partial charge is 0.444 e. The van der Waals surface area contributed by atoms with Gasteiger partial charge in [-0.25, -0.2) is 4.79 Å². The highest BCUT2D eigenvalue weighted by molar-refractivity contribution is 5.67. The molecule has 0 aliphatic heterocycles. The Bertz CT molecular complexity index is 496. The number of rotatable bonds is 3. The van der Waals surface area contributed by atoms with Crippen LogP contribution in [0.15, 0.2) is 24.3 Å². The molecule has 0 saturated carbocycles. The number of nitrogens with one attached hydrogen (secondary N) is 1. The normalized spacial score (nSPS) is 13.7. The van der Waals surface area contributed by atoms with Crippen LogP contribution in [0.1, 0.15) is 37.9 Å². The van der Waals surface area contributed by atoms with E-state index in [1.54, 1.807) is 20.8 Å². The first-order chi connectivity index (χ1) is 9.50. The lowest BCUT2D eigenvalue weighted by Crippen LogP contribution is -2.37. The lowest BCUT2D eigenvalue weighted by atomic mass is 10.0. The molecule has 0 radical (unpaired) electrons. The van der Waals surface area contributed by atoms with Crippen LogP contribution in [0.2, 0.25) is 0 Å². The lowest BCUT2D eigenvalue weighted by Gasteiger charge is -2.22. The minimum atomic E-state index is -4.49. The zero-order chi connectivity index (χ0) is 16.3. The van der Waals surface area contributed by atoms with E-state index in [0.29, 0.717) is 0 Å². The number of hydrogen-bond acceptors (Lipinski definition) is 3. The number of carbonyl (C=O) groups is 1. The maximum absolute atomic E-state index is 12.9. The van der Waals surface area contributed by atoms with Gasteiger partial charge in [0.2, 0.25) is 0 Å². The van der Waals surface area contributed by atoms with Crippen LogP contribution in [0.5, 0.6) is 0 Å². The van der Waals surface area contributed by atoms with E-state index in [9.17, 15) is 18.0 Å². The van der Waals surface area contributed by atoms with Gasteiger partial charge in [0, 0.05) is 12.6 Å². The summed E-state index contributed by atoms with van der Waals surface area (Å²) in [5, 5.41) is 2.36. The molecule has 0 spiro atoms. The number of alkyl carbamates (subject to hydrolysis) is 1. The highest BCUT2D eigenvalue weighted by Gasteiger charge is 2.34. The third-order valence-corrected chi connectivity index (χ3v) is 2.53. The second kappa shape index (κ2) is 6.34. The Morgan fingerprint density at radius 3 is 2.38 bits per heavy atom. The van der Waals surface area contributed by atoms with Crippen LogP contribution in [0.25, 0.3) is 0 Å². The van der Waals surface area contributed by atoms with Gasteiger partial charge in [-0.1, -0.05) is 18.2 Å². The Balaban J connectivity index is 2.73. The van der Waals surface area contributed by atoms with E-state index in [1.807, 2.05) is 0 Å². The molecule has 7 heteroatoms. The number of ether oxygens (including phenoxy) is 1. The summed E-state index contributed by atoms with van der Waals surface area (Å²) in [7, 11) is 0. The lowest BCUT2D eigenvalue weighted by molar-refractivity contribution is -0.138. The van der Waals surface area contributed by atoms with E-state index in [2.05, 4.69) is 5.32 Å². The maximum Gasteiger partial charge on any atom is 0.416 e. The van der Waals surface area contributed by atoms with Gasteiger partial charge in [-0.15, -0.1) is 0 Å². The smallest absolute Gasteiger partial charge is 0.416 e. The predicted molar refractivity (Wildman–Crippen MR) is 72.6 cm³/mol. The SMILES string of the molecule is CC(C)(C)OC(=O)NCC(N)c1ccccc1C(F)(F)F. The third-order valence-electron chi connectivity index (χ3n) is 2.53. The van der Waals surface area contributed by atoms with Gasteiger partial charge < -0.3 is 15.8 Å². The number of nitrogens with two attached hydrogens (primary N) is 1. The van der Waals surface area contributed by atoms with Crippen molar-refractivity contribution in [3.05, 3.63) is 35.4 Å². The summed E-state index contributed by atoms with van der Waals surface area (Å²) in [5.74, 6) is 0. The number of benzene rings is 1. The summed E-state index contributed by atoms with van der Waals surface area (Å²) in [6.07, 6.45) is -5.21. The molecule has 0 aromatic heterocycles. The number of hydrogen-bond donors (Lipinski definition) is 2. The molecule has 118 valence electrons. The van der Waals surface area contributed by atoms with Gasteiger partial charge in [0.25, 0.3) is 0 Å². The summed E-state index contributed by atoms with van der Waals surface area (Å²) < 4.78 is 43.6. The molecule has 0 saturated heterocycles. The average molecular weight is 304 g/mol. The van der Waals surface area contributed by atoms with Gasteiger partial charge in [-0.2, -0.15) is 13.2 Å². The molecule has 4 nitrogen and oxygen atoms in total. The van der Waals surface area contributed by atoms with Gasteiger partial charge in [0.15, 0.2) is 0 Å². The van der Waals surface area contributed by atoms with Gasteiger partial charge >= 0.3 is 12.3 Å². The first kappa shape index (κ1) is 17.3. The van der Waals surface area contributed by atoms with Crippen LogP contribution in [-0.2, 0) is 10.9 Å². The zero-order valence-electron chi connectivity index (χ0n) is 12.1. The molecule has 0 aliphatic rings. The van der Waals surface area contributed by atoms with Crippen molar-refractivity contribution < 1.29 is 22.7 Å². The molecule has 0 aliphatic carbocycles. The molecule has 0 heterocycles. The molecule has 1 rings (SSSR count). The van der Waals surface area contributed by atoms with Gasteiger partial charge in [0.1, 0.15) is 5.60 Å². The summed E-state index contributed by atoms with van der Waals surface area (Å²) in [5.41, 5.74) is 4.18. The highest BCUT2D eigenvalue weighted by atomic mass is 19.4. The van der Waals surface area contributed by atoms with Crippen LogP contribution < -0.4 is 11.1 Å². The second-order valence-corrected chi connectivity index (χ2v) is 5.57. The zero-order valence-corrected chi connectivity index (χ0v) is 12.1. The molecule has 3 N–H and O–H groups in total. The number of halogens is 3. The van der Waals surface area contributed by atoms with Crippen molar-refractivity contribution in [1.29, 1.82) is 0 Å². The van der Waals surface area contributed by atoms with Crippen molar-refractivity contribution >= 4 is 6.09 Å². The first-order valence-corrected chi connectivity index (χ1v) is 6.39. The molecule has 1 aromatic rings. The van der Waals surface area contributed by atoms with E-state index >= 15 is 0 Å². The minimum absolute atomic E-state index is 0.0685. The van der Waals surface area contributed by atoms with Gasteiger partial charge in [-0.05, 0) is 32.4 Å². The topological polar surface area (TPSA) is 64.3 Å². The molecule has 1 amide bonds. The van der Waals surface area contributed by atoms with Crippen LogP contribution >= 0.6 is 0 Å². The van der Waals surface area contributed by atoms with Crippen LogP contribution in [0.3, 0.4) is 0 Å². The van der Waals surface area contributed by atoms with E-state index in [4.69, 9.17) is 10.5 Å². The Hall–Kier alpha value is -1.76. The van der Waals surface area contributed by atoms with E-state index in [0.717, 1.165) is 6.07 Å². The number of alkyl halides is 3. The average Bonchev–Trinajstić information content (AvgIpc) is 2.33. The van der Waals surface area contributed by atoms with Crippen LogP contribution in [0.4, 0.5) is 18.0 Å². The van der Waals surface area contributed by atoms with Crippen molar-refractivity contribution in [1.82, 2.24) is 5.32 Å². The Morgan fingerprint density at radius 2 is 1.86 bits per heavy atom. The number of amides is 1. The Kier molecular flexibility index (Phi) is 5.22. The minimum Gasteiger partial charge on any atom is -0.444 e. The van der Waals surface area contributed by atoms with E-state index in [-0.39, 0.29) is 12.1 Å². The quantitative estimate of drug-likeness (QED) is 0.901. The monoisotopic (exact) mass is 304 g/mol. The summed E-state index contributed by atoms with van der Waals surface area (Å²) in [4.78, 5) is 11.5. The second-order valence-electron chi connectivity index (χ2n) is 5.57. The molecule has 1 unspecified atom stereocenters. The van der Waals surface area contributed by atoms with Crippen LogP contribution in [0, 0.1) is 0 Å². The summed E-state index contributed by atoms with van der Waals surface area (Å²) >= 11 is 0. The fourth-order valence-electron chi connectivity index (χ4n) is 1.70. The van der Waals surface area contributed by atoms with Crippen molar-refractivity contribution in [3.8, 4) is 0 Å². The Morgan fingerprint density at radius 1 is 1.29 bits per heavy atom. The van der Waals surface area contributed by atoms with Crippen molar-refractivity contribution in [3.63, 3.8) is 0 Å². The van der Waals surface area contributed by atoms with Crippen molar-refractivity contribution in [2.45, 2.75) is 38.6 Å². The molecule has 1 atom stereocenters. The van der Waals surface area contributed by atoms with Gasteiger partial charge in [0.05, 0.1) is 5.56 Å². The molecular formula is C14H19F3N2O2. The van der Waals surface area contributed by atoms with Gasteiger partial charge in [-0.3, -0.25) is 0 Å².